The van der Waals surface area contributed by atoms with E-state index in [1.54, 1.807) is 30.3 Å². The first kappa shape index (κ1) is 20.9. The van der Waals surface area contributed by atoms with Crippen LogP contribution >= 0.6 is 0 Å². The molecule has 0 amide bonds. The lowest BCUT2D eigenvalue weighted by Crippen LogP contribution is -2.52. The number of hydrogen-bond donors (Lipinski definition) is 0. The van der Waals surface area contributed by atoms with Crippen LogP contribution in [-0.2, 0) is 20.7 Å². The molecule has 156 valence electrons. The Morgan fingerprint density at radius 3 is 2.34 bits per heavy atom. The summed E-state index contributed by atoms with van der Waals surface area (Å²) in [6.07, 6.45) is 0.866. The van der Waals surface area contributed by atoms with Crippen LogP contribution in [0.1, 0.15) is 15.9 Å². The van der Waals surface area contributed by atoms with Crippen molar-refractivity contribution in [1.29, 1.82) is 0 Å². The zero-order chi connectivity index (χ0) is 21.2. The Hall–Kier alpha value is -2.78. The van der Waals surface area contributed by atoms with Crippen LogP contribution in [0.15, 0.2) is 36.4 Å². The van der Waals surface area contributed by atoms with Crippen LogP contribution in [0.5, 0.6) is 23.0 Å². The lowest BCUT2D eigenvalue weighted by atomic mass is 9.85. The molecule has 0 unspecified atom stereocenters. The minimum Gasteiger partial charge on any atom is -0.497 e. The summed E-state index contributed by atoms with van der Waals surface area (Å²) in [4.78, 5) is 13.3. The van der Waals surface area contributed by atoms with Crippen molar-refractivity contribution in [3.63, 3.8) is 0 Å². The van der Waals surface area contributed by atoms with Crippen LogP contribution in [0.4, 0.5) is 0 Å². The highest BCUT2D eigenvalue weighted by Gasteiger charge is 2.48. The molecule has 8 nitrogen and oxygen atoms in total. The maximum absolute atomic E-state index is 13.3. The third-order valence-electron chi connectivity index (χ3n) is 4.56. The highest BCUT2D eigenvalue weighted by Crippen LogP contribution is 2.38. The SMILES string of the molecule is COc1ccc2c(c1)OC[C@@](Cc1ccc(OC)c(OC)c1)(OS(C)(=O)=O)C2=O. The predicted molar refractivity (Wildman–Crippen MR) is 105 cm³/mol. The largest absolute Gasteiger partial charge is 0.497 e. The van der Waals surface area contributed by atoms with Gasteiger partial charge in [-0.1, -0.05) is 6.07 Å². The fourth-order valence-corrected chi connectivity index (χ4v) is 4.04. The van der Waals surface area contributed by atoms with Crippen LogP contribution in [0.25, 0.3) is 0 Å². The number of hydrogen-bond acceptors (Lipinski definition) is 8. The van der Waals surface area contributed by atoms with Crippen LogP contribution in [0, 0.1) is 0 Å². The zero-order valence-corrected chi connectivity index (χ0v) is 17.4. The second-order valence-electron chi connectivity index (χ2n) is 6.63. The molecule has 9 heteroatoms. The third-order valence-corrected chi connectivity index (χ3v) is 5.18. The van der Waals surface area contributed by atoms with E-state index in [1.807, 2.05) is 0 Å². The number of methoxy groups -OCH3 is 3. The summed E-state index contributed by atoms with van der Waals surface area (Å²) in [6.45, 7) is -0.270. The molecule has 2 aromatic rings. The number of ether oxygens (including phenoxy) is 4. The van der Waals surface area contributed by atoms with Gasteiger partial charge >= 0.3 is 0 Å². The minimum absolute atomic E-state index is 0.0370. The summed E-state index contributed by atoms with van der Waals surface area (Å²) < 4.78 is 50.7. The Kier molecular flexibility index (Phi) is 5.72. The molecule has 0 bridgehead atoms. The summed E-state index contributed by atoms with van der Waals surface area (Å²) in [5.41, 5.74) is -0.893. The minimum atomic E-state index is -3.96. The van der Waals surface area contributed by atoms with Crippen molar-refractivity contribution in [2.45, 2.75) is 12.0 Å². The number of benzene rings is 2. The van der Waals surface area contributed by atoms with E-state index in [-0.39, 0.29) is 18.6 Å². The highest BCUT2D eigenvalue weighted by molar-refractivity contribution is 7.86. The average Bonchev–Trinajstić information content (AvgIpc) is 2.69. The quantitative estimate of drug-likeness (QED) is 0.627. The fourth-order valence-electron chi connectivity index (χ4n) is 3.27. The van der Waals surface area contributed by atoms with Crippen molar-refractivity contribution < 1.29 is 36.3 Å². The molecular weight excluding hydrogens is 400 g/mol. The molecule has 0 aliphatic carbocycles. The lowest BCUT2D eigenvalue weighted by Gasteiger charge is -2.35. The second-order valence-corrected chi connectivity index (χ2v) is 8.20. The Bertz CT molecular complexity index is 1030. The monoisotopic (exact) mass is 422 g/mol. The van der Waals surface area contributed by atoms with Gasteiger partial charge in [-0.25, -0.2) is 0 Å². The van der Waals surface area contributed by atoms with Crippen molar-refractivity contribution in [3.8, 4) is 23.0 Å². The number of Topliss-reactive ketones (excluding diaryl/α,β-unsaturated/α-hetero) is 1. The molecule has 0 saturated carbocycles. The molecule has 29 heavy (non-hydrogen) atoms. The zero-order valence-electron chi connectivity index (χ0n) is 16.6. The molecule has 1 heterocycles. The Morgan fingerprint density at radius 2 is 1.72 bits per heavy atom. The van der Waals surface area contributed by atoms with Crippen LogP contribution in [0.2, 0.25) is 0 Å². The molecule has 1 aliphatic heterocycles. The fraction of sp³-hybridized carbons (Fsp3) is 0.350. The van der Waals surface area contributed by atoms with Crippen molar-refractivity contribution in [1.82, 2.24) is 0 Å². The first-order chi connectivity index (χ1) is 13.7. The number of rotatable bonds is 7. The van der Waals surface area contributed by atoms with Gasteiger partial charge in [0.15, 0.2) is 17.1 Å². The van der Waals surface area contributed by atoms with E-state index >= 15 is 0 Å². The lowest BCUT2D eigenvalue weighted by molar-refractivity contribution is 0.0167. The van der Waals surface area contributed by atoms with Gasteiger partial charge in [-0.15, -0.1) is 0 Å². The molecule has 0 aromatic heterocycles. The third kappa shape index (κ3) is 4.30. The molecule has 2 aromatic carbocycles. The van der Waals surface area contributed by atoms with Gasteiger partial charge in [0.05, 0.1) is 33.1 Å². The molecule has 0 radical (unpaired) electrons. The van der Waals surface area contributed by atoms with E-state index in [0.29, 0.717) is 28.6 Å². The first-order valence-electron chi connectivity index (χ1n) is 8.68. The summed E-state index contributed by atoms with van der Waals surface area (Å²) in [5.74, 6) is 1.32. The van der Waals surface area contributed by atoms with Gasteiger partial charge in [0.25, 0.3) is 10.1 Å². The van der Waals surface area contributed by atoms with E-state index in [1.165, 1.54) is 27.4 Å². The maximum atomic E-state index is 13.3. The molecule has 1 aliphatic rings. The number of carbonyl (C=O) groups excluding carboxylic acids is 1. The van der Waals surface area contributed by atoms with E-state index in [2.05, 4.69) is 0 Å². The standard InChI is InChI=1S/C20H22O8S/c1-24-14-6-7-15-17(10-14)27-12-20(19(15)21,28-29(4,22)23)11-13-5-8-16(25-2)18(9-13)26-3/h5-10H,11-12H2,1-4H3/t20-/m1/s1. The number of carbonyl (C=O) groups is 1. The van der Waals surface area contributed by atoms with Gasteiger partial charge in [0.2, 0.25) is 5.78 Å². The smallest absolute Gasteiger partial charge is 0.265 e. The summed E-state index contributed by atoms with van der Waals surface area (Å²) in [6, 6.07) is 9.77. The van der Waals surface area contributed by atoms with Crippen molar-refractivity contribution in [2.24, 2.45) is 0 Å². The van der Waals surface area contributed by atoms with E-state index in [9.17, 15) is 13.2 Å². The summed E-state index contributed by atoms with van der Waals surface area (Å²) in [5, 5.41) is 0. The molecule has 0 spiro atoms. The average molecular weight is 422 g/mol. The molecule has 0 saturated heterocycles. The van der Waals surface area contributed by atoms with Gasteiger partial charge in [0.1, 0.15) is 18.1 Å². The second kappa shape index (κ2) is 7.92. The molecule has 1 atom stereocenters. The van der Waals surface area contributed by atoms with E-state index in [0.717, 1.165) is 6.26 Å². The Balaban J connectivity index is 2.04. The van der Waals surface area contributed by atoms with Crippen LogP contribution < -0.4 is 18.9 Å². The molecular formula is C20H22O8S. The maximum Gasteiger partial charge on any atom is 0.265 e. The van der Waals surface area contributed by atoms with Crippen molar-refractivity contribution in [2.75, 3.05) is 34.2 Å². The number of ketones is 1. The van der Waals surface area contributed by atoms with Crippen molar-refractivity contribution >= 4 is 15.9 Å². The van der Waals surface area contributed by atoms with Gasteiger partial charge in [-0.2, -0.15) is 8.42 Å². The van der Waals surface area contributed by atoms with Crippen molar-refractivity contribution in [3.05, 3.63) is 47.5 Å². The molecule has 3 rings (SSSR count). The van der Waals surface area contributed by atoms with Crippen LogP contribution in [0.3, 0.4) is 0 Å². The van der Waals surface area contributed by atoms with Gasteiger partial charge in [0, 0.05) is 12.5 Å². The van der Waals surface area contributed by atoms with Gasteiger partial charge in [-0.05, 0) is 29.8 Å². The molecule has 0 fully saturated rings. The van der Waals surface area contributed by atoms with E-state index in [4.69, 9.17) is 23.1 Å². The Labute approximate surface area is 169 Å². The van der Waals surface area contributed by atoms with Gasteiger partial charge < -0.3 is 18.9 Å². The molecule has 0 N–H and O–H groups in total. The number of fused-ring (bicyclic) bond motifs is 1. The summed E-state index contributed by atoms with van der Waals surface area (Å²) in [7, 11) is 0.538. The topological polar surface area (TPSA) is 97.4 Å². The Morgan fingerprint density at radius 1 is 1.00 bits per heavy atom. The highest BCUT2D eigenvalue weighted by atomic mass is 32.2. The van der Waals surface area contributed by atoms with Crippen LogP contribution in [-0.4, -0.2) is 54.0 Å². The first-order valence-corrected chi connectivity index (χ1v) is 10.5. The predicted octanol–water partition coefficient (Wildman–Crippen LogP) is 2.25. The normalized spacial score (nSPS) is 18.6. The van der Waals surface area contributed by atoms with E-state index < -0.39 is 21.5 Å². The summed E-state index contributed by atoms with van der Waals surface area (Å²) >= 11 is 0. The van der Waals surface area contributed by atoms with Gasteiger partial charge in [-0.3, -0.25) is 8.98 Å².